The lowest BCUT2D eigenvalue weighted by Gasteiger charge is -2.33. The van der Waals surface area contributed by atoms with Crippen molar-refractivity contribution < 1.29 is 19.4 Å². The third-order valence-electron chi connectivity index (χ3n) is 5.85. The Morgan fingerprint density at radius 2 is 1.74 bits per heavy atom. The van der Waals surface area contributed by atoms with Crippen LogP contribution in [0.4, 0.5) is 5.69 Å². The summed E-state index contributed by atoms with van der Waals surface area (Å²) in [6.07, 6.45) is 0. The summed E-state index contributed by atoms with van der Waals surface area (Å²) in [6.45, 7) is 7.31. The number of aromatic nitrogens is 4. The Morgan fingerprint density at radius 1 is 1.05 bits per heavy atom. The van der Waals surface area contributed by atoms with Gasteiger partial charge in [0.05, 0.1) is 7.11 Å². The molecular weight excluding hydrogens is 496 g/mol. The lowest BCUT2D eigenvalue weighted by Crippen LogP contribution is -2.50. The van der Waals surface area contributed by atoms with Crippen molar-refractivity contribution >= 4 is 17.5 Å². The molecule has 4 rings (SSSR count). The van der Waals surface area contributed by atoms with Gasteiger partial charge >= 0.3 is 0 Å². The molecule has 1 atom stereocenters. The predicted octanol–water partition coefficient (Wildman–Crippen LogP) is 4.05. The van der Waals surface area contributed by atoms with Crippen LogP contribution in [-0.4, -0.2) is 49.8 Å². The van der Waals surface area contributed by atoms with Gasteiger partial charge in [0.15, 0.2) is 0 Å². The Bertz CT molecular complexity index is 1440. The van der Waals surface area contributed by atoms with Gasteiger partial charge in [0.1, 0.15) is 24.1 Å². The monoisotopic (exact) mass is 528 g/mol. The van der Waals surface area contributed by atoms with Crippen molar-refractivity contribution in [1.82, 2.24) is 25.5 Å². The molecule has 202 valence electrons. The van der Waals surface area contributed by atoms with Crippen molar-refractivity contribution in [3.63, 3.8) is 0 Å². The minimum Gasteiger partial charge on any atom is -0.508 e. The van der Waals surface area contributed by atoms with Gasteiger partial charge in [-0.3, -0.25) is 14.5 Å². The molecule has 3 aromatic carbocycles. The summed E-state index contributed by atoms with van der Waals surface area (Å²) >= 11 is 0. The minimum atomic E-state index is -1.07. The molecule has 2 N–H and O–H groups in total. The molecule has 0 aliphatic carbocycles. The summed E-state index contributed by atoms with van der Waals surface area (Å²) in [7, 11) is 1.53. The molecule has 4 aromatic rings. The number of anilines is 1. The molecular formula is C29H32N6O4. The van der Waals surface area contributed by atoms with Gasteiger partial charge in [0, 0.05) is 22.9 Å². The van der Waals surface area contributed by atoms with Crippen LogP contribution in [0.25, 0.3) is 11.4 Å². The number of hydrogen-bond donors (Lipinski definition) is 2. The Balaban J connectivity index is 1.75. The number of benzene rings is 3. The molecule has 10 heteroatoms. The molecule has 2 amide bonds. The molecule has 0 radical (unpaired) electrons. The number of rotatable bonds is 8. The first kappa shape index (κ1) is 27.3. The molecule has 0 saturated carbocycles. The average molecular weight is 529 g/mol. The Hall–Kier alpha value is -4.73. The number of hydrogen-bond acceptors (Lipinski definition) is 7. The first-order valence-electron chi connectivity index (χ1n) is 12.5. The molecule has 10 nitrogen and oxygen atoms in total. The molecule has 0 bridgehead atoms. The number of amides is 2. The van der Waals surface area contributed by atoms with Crippen molar-refractivity contribution in [3.05, 3.63) is 83.9 Å². The second-order valence-electron chi connectivity index (χ2n) is 10.2. The van der Waals surface area contributed by atoms with E-state index in [1.807, 2.05) is 52.0 Å². The largest absolute Gasteiger partial charge is 0.508 e. The first-order chi connectivity index (χ1) is 18.5. The number of methoxy groups -OCH3 is 1. The molecule has 39 heavy (non-hydrogen) atoms. The molecule has 0 aliphatic heterocycles. The van der Waals surface area contributed by atoms with Crippen molar-refractivity contribution in [2.75, 3.05) is 12.0 Å². The maximum absolute atomic E-state index is 14.0. The normalized spacial score (nSPS) is 12.0. The van der Waals surface area contributed by atoms with Crippen molar-refractivity contribution in [2.45, 2.75) is 45.8 Å². The summed E-state index contributed by atoms with van der Waals surface area (Å²) in [5, 5.41) is 25.4. The van der Waals surface area contributed by atoms with Crippen LogP contribution in [0, 0.1) is 6.92 Å². The van der Waals surface area contributed by atoms with Crippen LogP contribution in [0.15, 0.2) is 72.8 Å². The standard InChI is InChI=1S/C29H32N6O4/c1-19-9-11-21(12-10-19)27-31-33-34(32-27)18-25(37)35(22-7-6-8-24(17-22)39-5)26(28(38)30-29(2,3)4)20-13-15-23(36)16-14-20/h6-17,26,36H,18H2,1-5H3,(H,30,38)/t26-/m1/s1. The number of tetrazole rings is 1. The zero-order valence-electron chi connectivity index (χ0n) is 22.6. The van der Waals surface area contributed by atoms with E-state index in [9.17, 15) is 14.7 Å². The van der Waals surface area contributed by atoms with Crippen LogP contribution in [0.1, 0.15) is 37.9 Å². The third kappa shape index (κ3) is 6.78. The molecule has 1 heterocycles. The third-order valence-corrected chi connectivity index (χ3v) is 5.85. The Kier molecular flexibility index (Phi) is 7.94. The van der Waals surface area contributed by atoms with Crippen LogP contribution in [0.3, 0.4) is 0 Å². The number of ether oxygens (including phenoxy) is 1. The van der Waals surface area contributed by atoms with E-state index in [0.717, 1.165) is 11.1 Å². The van der Waals surface area contributed by atoms with Crippen molar-refractivity contribution in [2.24, 2.45) is 0 Å². The van der Waals surface area contributed by atoms with Crippen LogP contribution >= 0.6 is 0 Å². The lowest BCUT2D eigenvalue weighted by atomic mass is 10.0. The maximum Gasteiger partial charge on any atom is 0.251 e. The number of aryl methyl sites for hydroxylation is 1. The minimum absolute atomic E-state index is 0.0448. The van der Waals surface area contributed by atoms with Gasteiger partial charge in [-0.05, 0) is 62.7 Å². The first-order valence-corrected chi connectivity index (χ1v) is 12.5. The van der Waals surface area contributed by atoms with Crippen LogP contribution in [-0.2, 0) is 16.1 Å². The van der Waals surface area contributed by atoms with Gasteiger partial charge < -0.3 is 15.2 Å². The van der Waals surface area contributed by atoms with Crippen LogP contribution < -0.4 is 15.0 Å². The number of phenolic OH excluding ortho intramolecular Hbond substituents is 1. The number of nitrogens with one attached hydrogen (secondary N) is 1. The van der Waals surface area contributed by atoms with Gasteiger partial charge in [0.25, 0.3) is 5.91 Å². The van der Waals surface area contributed by atoms with E-state index < -0.39 is 23.4 Å². The fraction of sp³-hybridized carbons (Fsp3) is 0.276. The van der Waals surface area contributed by atoms with E-state index in [2.05, 4.69) is 20.7 Å². The van der Waals surface area contributed by atoms with E-state index in [1.165, 1.54) is 28.9 Å². The van der Waals surface area contributed by atoms with Crippen LogP contribution in [0.5, 0.6) is 11.5 Å². The fourth-order valence-corrected chi connectivity index (χ4v) is 4.04. The molecule has 1 aromatic heterocycles. The molecule has 0 aliphatic rings. The number of phenols is 1. The van der Waals surface area contributed by atoms with E-state index in [4.69, 9.17) is 4.74 Å². The second-order valence-corrected chi connectivity index (χ2v) is 10.2. The van der Waals surface area contributed by atoms with Crippen molar-refractivity contribution in [1.29, 1.82) is 0 Å². The smallest absolute Gasteiger partial charge is 0.251 e. The summed E-state index contributed by atoms with van der Waals surface area (Å²) in [5.41, 5.74) is 2.27. The summed E-state index contributed by atoms with van der Waals surface area (Å²) < 4.78 is 5.39. The van der Waals surface area contributed by atoms with Gasteiger partial charge in [0.2, 0.25) is 11.7 Å². The molecule has 0 saturated heterocycles. The van der Waals surface area contributed by atoms with Gasteiger partial charge in [-0.1, -0.05) is 48.0 Å². The van der Waals surface area contributed by atoms with E-state index in [-0.39, 0.29) is 12.3 Å². The summed E-state index contributed by atoms with van der Waals surface area (Å²) in [5.74, 6) is 0.112. The Labute approximate surface area is 227 Å². The SMILES string of the molecule is COc1cccc(N(C(=O)Cn2nnc(-c3ccc(C)cc3)n2)[C@@H](C(=O)NC(C)(C)C)c2ccc(O)cc2)c1. The van der Waals surface area contributed by atoms with Crippen molar-refractivity contribution in [3.8, 4) is 22.9 Å². The number of aromatic hydroxyl groups is 1. The maximum atomic E-state index is 14.0. The quantitative estimate of drug-likeness (QED) is 0.354. The second kappa shape index (κ2) is 11.3. The fourth-order valence-electron chi connectivity index (χ4n) is 4.04. The number of carbonyl (C=O) groups is 2. The van der Waals surface area contributed by atoms with Gasteiger partial charge in [-0.2, -0.15) is 4.80 Å². The molecule has 0 spiro atoms. The predicted molar refractivity (Wildman–Crippen MR) is 147 cm³/mol. The zero-order chi connectivity index (χ0) is 28.2. The highest BCUT2D eigenvalue weighted by Gasteiger charge is 2.35. The number of nitrogens with zero attached hydrogens (tertiary/aromatic N) is 5. The molecule has 0 unspecified atom stereocenters. The topological polar surface area (TPSA) is 122 Å². The highest BCUT2D eigenvalue weighted by molar-refractivity contribution is 6.01. The molecule has 0 fully saturated rings. The lowest BCUT2D eigenvalue weighted by molar-refractivity contribution is -0.128. The zero-order valence-corrected chi connectivity index (χ0v) is 22.6. The number of carbonyl (C=O) groups excluding carboxylic acids is 2. The van der Waals surface area contributed by atoms with E-state index >= 15 is 0 Å². The van der Waals surface area contributed by atoms with E-state index in [0.29, 0.717) is 22.8 Å². The van der Waals surface area contributed by atoms with E-state index in [1.54, 1.807) is 36.4 Å². The highest BCUT2D eigenvalue weighted by Crippen LogP contribution is 2.32. The summed E-state index contributed by atoms with van der Waals surface area (Å²) in [6, 6.07) is 19.7. The van der Waals surface area contributed by atoms with Gasteiger partial charge in [-0.15, -0.1) is 10.2 Å². The Morgan fingerprint density at radius 3 is 2.38 bits per heavy atom. The van der Waals surface area contributed by atoms with Gasteiger partial charge in [-0.25, -0.2) is 0 Å². The average Bonchev–Trinajstić information content (AvgIpc) is 3.35. The van der Waals surface area contributed by atoms with Crippen LogP contribution in [0.2, 0.25) is 0 Å². The summed E-state index contributed by atoms with van der Waals surface area (Å²) in [4.78, 5) is 30.3. The highest BCUT2D eigenvalue weighted by atomic mass is 16.5.